The molecule has 0 aliphatic heterocycles. The first kappa shape index (κ1) is 13.8. The third-order valence-corrected chi connectivity index (χ3v) is 4.15. The van der Waals surface area contributed by atoms with Crippen molar-refractivity contribution in [3.8, 4) is 0 Å². The van der Waals surface area contributed by atoms with Gasteiger partial charge in [-0.3, -0.25) is 0 Å². The molecular formula is C15H15ClIN. The van der Waals surface area contributed by atoms with Crippen molar-refractivity contribution < 1.29 is 0 Å². The van der Waals surface area contributed by atoms with Crippen LogP contribution in [-0.2, 0) is 0 Å². The van der Waals surface area contributed by atoms with E-state index in [9.17, 15) is 0 Å². The Labute approximate surface area is 127 Å². The van der Waals surface area contributed by atoms with Crippen LogP contribution in [0.1, 0.15) is 22.7 Å². The number of rotatable bonds is 3. The van der Waals surface area contributed by atoms with Crippen molar-refractivity contribution in [3.05, 3.63) is 67.7 Å². The molecule has 2 aromatic rings. The molecule has 1 N–H and O–H groups in total. The van der Waals surface area contributed by atoms with Crippen molar-refractivity contribution in [2.75, 3.05) is 7.05 Å². The van der Waals surface area contributed by atoms with E-state index in [0.29, 0.717) is 0 Å². The molecule has 1 nitrogen and oxygen atoms in total. The predicted molar refractivity (Wildman–Crippen MR) is 86.3 cm³/mol. The van der Waals surface area contributed by atoms with E-state index in [0.717, 1.165) is 10.6 Å². The molecule has 18 heavy (non-hydrogen) atoms. The number of hydrogen-bond donors (Lipinski definition) is 1. The Balaban J connectivity index is 2.38. The van der Waals surface area contributed by atoms with Gasteiger partial charge in [0.1, 0.15) is 0 Å². The predicted octanol–water partition coefficient (Wildman–Crippen LogP) is 4.56. The molecule has 1 atom stereocenters. The monoisotopic (exact) mass is 371 g/mol. The van der Waals surface area contributed by atoms with Gasteiger partial charge in [0.25, 0.3) is 0 Å². The quantitative estimate of drug-likeness (QED) is 0.780. The normalized spacial score (nSPS) is 12.4. The molecule has 3 heteroatoms. The summed E-state index contributed by atoms with van der Waals surface area (Å²) in [5, 5.41) is 4.16. The summed E-state index contributed by atoms with van der Waals surface area (Å²) in [7, 11) is 1.97. The van der Waals surface area contributed by atoms with E-state index in [1.165, 1.54) is 14.7 Å². The first-order chi connectivity index (χ1) is 8.61. The summed E-state index contributed by atoms with van der Waals surface area (Å²) < 4.78 is 1.24. The van der Waals surface area contributed by atoms with Crippen LogP contribution in [0.2, 0.25) is 5.02 Å². The number of benzene rings is 2. The van der Waals surface area contributed by atoms with Crippen molar-refractivity contribution in [1.82, 2.24) is 5.32 Å². The van der Waals surface area contributed by atoms with E-state index in [1.54, 1.807) is 0 Å². The van der Waals surface area contributed by atoms with Gasteiger partial charge in [0.05, 0.1) is 6.04 Å². The van der Waals surface area contributed by atoms with Crippen molar-refractivity contribution in [1.29, 1.82) is 0 Å². The second-order valence-corrected chi connectivity index (χ2v) is 5.93. The molecule has 0 aliphatic carbocycles. The lowest BCUT2D eigenvalue weighted by atomic mass is 9.98. The first-order valence-electron chi connectivity index (χ1n) is 5.80. The van der Waals surface area contributed by atoms with Gasteiger partial charge in [-0.2, -0.15) is 0 Å². The number of halogens is 2. The van der Waals surface area contributed by atoms with Gasteiger partial charge in [0, 0.05) is 8.59 Å². The van der Waals surface area contributed by atoms with Crippen LogP contribution in [-0.4, -0.2) is 7.05 Å². The first-order valence-corrected chi connectivity index (χ1v) is 7.26. The van der Waals surface area contributed by atoms with Crippen LogP contribution in [0.25, 0.3) is 0 Å². The number of hydrogen-bond acceptors (Lipinski definition) is 1. The molecular weight excluding hydrogens is 357 g/mol. The van der Waals surface area contributed by atoms with E-state index in [4.69, 9.17) is 11.6 Å². The summed E-state index contributed by atoms with van der Waals surface area (Å²) in [6.07, 6.45) is 0. The highest BCUT2D eigenvalue weighted by Crippen LogP contribution is 2.26. The Bertz CT molecular complexity index is 537. The Hall–Kier alpha value is -0.580. The van der Waals surface area contributed by atoms with Crippen molar-refractivity contribution in [3.63, 3.8) is 0 Å². The van der Waals surface area contributed by atoms with E-state index in [-0.39, 0.29) is 6.04 Å². The lowest BCUT2D eigenvalue weighted by Crippen LogP contribution is -2.17. The lowest BCUT2D eigenvalue weighted by Gasteiger charge is -2.18. The summed E-state index contributed by atoms with van der Waals surface area (Å²) in [5.74, 6) is 0. The van der Waals surface area contributed by atoms with Gasteiger partial charge in [-0.15, -0.1) is 0 Å². The Kier molecular flexibility index (Phi) is 4.65. The average molecular weight is 372 g/mol. The maximum Gasteiger partial charge on any atom is 0.0574 e. The molecule has 0 aliphatic rings. The van der Waals surface area contributed by atoms with Crippen LogP contribution in [0.5, 0.6) is 0 Å². The number of aryl methyl sites for hydroxylation is 1. The van der Waals surface area contributed by atoms with Crippen LogP contribution < -0.4 is 5.32 Å². The minimum atomic E-state index is 0.181. The van der Waals surface area contributed by atoms with Crippen molar-refractivity contribution in [2.24, 2.45) is 0 Å². The molecule has 0 fully saturated rings. The SMILES string of the molecule is CNC(c1ccc(I)cc1)c1ccc(C)c(Cl)c1. The fourth-order valence-corrected chi connectivity index (χ4v) is 2.52. The molecule has 0 bridgehead atoms. The zero-order valence-electron chi connectivity index (χ0n) is 10.4. The van der Waals surface area contributed by atoms with E-state index >= 15 is 0 Å². The van der Waals surface area contributed by atoms with Crippen LogP contribution in [0, 0.1) is 10.5 Å². The third kappa shape index (κ3) is 3.05. The Morgan fingerprint density at radius 3 is 2.22 bits per heavy atom. The van der Waals surface area contributed by atoms with Crippen LogP contribution >= 0.6 is 34.2 Å². The zero-order valence-corrected chi connectivity index (χ0v) is 13.3. The fraction of sp³-hybridized carbons (Fsp3) is 0.200. The summed E-state index contributed by atoms with van der Waals surface area (Å²) in [4.78, 5) is 0. The highest BCUT2D eigenvalue weighted by molar-refractivity contribution is 14.1. The Morgan fingerprint density at radius 1 is 1.06 bits per heavy atom. The van der Waals surface area contributed by atoms with Gasteiger partial charge >= 0.3 is 0 Å². The molecule has 0 aromatic heterocycles. The smallest absolute Gasteiger partial charge is 0.0574 e. The molecule has 0 saturated carbocycles. The highest BCUT2D eigenvalue weighted by Gasteiger charge is 2.12. The van der Waals surface area contributed by atoms with Gasteiger partial charge in [0.15, 0.2) is 0 Å². The van der Waals surface area contributed by atoms with Crippen LogP contribution in [0.4, 0.5) is 0 Å². The summed E-state index contributed by atoms with van der Waals surface area (Å²) in [5.41, 5.74) is 3.55. The van der Waals surface area contributed by atoms with Gasteiger partial charge in [-0.25, -0.2) is 0 Å². The maximum atomic E-state index is 6.20. The lowest BCUT2D eigenvalue weighted by molar-refractivity contribution is 0.691. The standard InChI is InChI=1S/C15H15ClIN/c1-10-3-4-12(9-14(10)16)15(18-2)11-5-7-13(17)8-6-11/h3-9,15,18H,1-2H3. The Morgan fingerprint density at radius 2 is 1.67 bits per heavy atom. The molecule has 0 spiro atoms. The van der Waals surface area contributed by atoms with E-state index < -0.39 is 0 Å². The second-order valence-electron chi connectivity index (χ2n) is 4.28. The van der Waals surface area contributed by atoms with Crippen molar-refractivity contribution >= 4 is 34.2 Å². The maximum absolute atomic E-state index is 6.20. The largest absolute Gasteiger partial charge is 0.309 e. The topological polar surface area (TPSA) is 12.0 Å². The summed E-state index contributed by atoms with van der Waals surface area (Å²) in [6.45, 7) is 2.02. The van der Waals surface area contributed by atoms with Gasteiger partial charge in [-0.1, -0.05) is 35.9 Å². The molecule has 0 saturated heterocycles. The van der Waals surface area contributed by atoms with E-state index in [2.05, 4.69) is 64.3 Å². The zero-order chi connectivity index (χ0) is 13.1. The van der Waals surface area contributed by atoms with Gasteiger partial charge in [0.2, 0.25) is 0 Å². The summed E-state index contributed by atoms with van der Waals surface area (Å²) in [6, 6.07) is 14.9. The minimum Gasteiger partial charge on any atom is -0.309 e. The van der Waals surface area contributed by atoms with Crippen LogP contribution in [0.15, 0.2) is 42.5 Å². The molecule has 0 radical (unpaired) electrons. The fourth-order valence-electron chi connectivity index (χ4n) is 1.97. The molecule has 0 amide bonds. The highest BCUT2D eigenvalue weighted by atomic mass is 127. The third-order valence-electron chi connectivity index (χ3n) is 3.02. The number of nitrogens with one attached hydrogen (secondary N) is 1. The van der Waals surface area contributed by atoms with Gasteiger partial charge < -0.3 is 5.32 Å². The van der Waals surface area contributed by atoms with E-state index in [1.807, 2.05) is 20.0 Å². The molecule has 0 heterocycles. The van der Waals surface area contributed by atoms with Gasteiger partial charge in [-0.05, 0) is 71.5 Å². The minimum absolute atomic E-state index is 0.181. The average Bonchev–Trinajstić information content (AvgIpc) is 2.37. The summed E-state index contributed by atoms with van der Waals surface area (Å²) >= 11 is 8.51. The molecule has 1 unspecified atom stereocenters. The molecule has 2 aromatic carbocycles. The van der Waals surface area contributed by atoms with Crippen molar-refractivity contribution in [2.45, 2.75) is 13.0 Å². The van der Waals surface area contributed by atoms with Crippen LogP contribution in [0.3, 0.4) is 0 Å². The molecule has 94 valence electrons. The second kappa shape index (κ2) is 6.04. The molecule has 2 rings (SSSR count).